The zero-order valence-electron chi connectivity index (χ0n) is 11.4. The Kier molecular flexibility index (Phi) is 5.15. The van der Waals surface area contributed by atoms with Crippen molar-refractivity contribution in [3.05, 3.63) is 69.8 Å². The summed E-state index contributed by atoms with van der Waals surface area (Å²) in [5.41, 5.74) is 1.85. The van der Waals surface area contributed by atoms with Gasteiger partial charge in [0.25, 0.3) is 0 Å². The van der Waals surface area contributed by atoms with Crippen LogP contribution in [-0.2, 0) is 12.6 Å². The predicted octanol–water partition coefficient (Wildman–Crippen LogP) is 3.54. The molecule has 112 valence electrons. The molecule has 0 aliphatic rings. The van der Waals surface area contributed by atoms with Crippen LogP contribution in [0.2, 0.25) is 0 Å². The van der Waals surface area contributed by atoms with Crippen LogP contribution in [0.3, 0.4) is 0 Å². The Bertz CT molecular complexity index is 721. The van der Waals surface area contributed by atoms with Crippen molar-refractivity contribution in [3.8, 4) is 0 Å². The molecule has 2 aromatic carbocycles. The topological polar surface area (TPSA) is 63.6 Å². The van der Waals surface area contributed by atoms with Crippen LogP contribution in [0.25, 0.3) is 6.08 Å². The second-order valence-corrected chi connectivity index (χ2v) is 9.46. The monoisotopic (exact) mass is 418 g/mol. The number of halogens is 1. The average molecular weight is 418 g/mol. The summed E-state index contributed by atoms with van der Waals surface area (Å²) in [6, 6.07) is 13.1. The van der Waals surface area contributed by atoms with E-state index in [1.54, 1.807) is 42.5 Å². The van der Waals surface area contributed by atoms with Crippen molar-refractivity contribution in [2.24, 2.45) is 0 Å². The molecule has 0 atom stereocenters. The molecular formula is C15H15IO4S. The first-order valence-electron chi connectivity index (χ1n) is 6.06. The normalized spacial score (nSPS) is 12.0. The van der Waals surface area contributed by atoms with Gasteiger partial charge in [-0.25, -0.2) is 0 Å². The summed E-state index contributed by atoms with van der Waals surface area (Å²) in [4.78, 5) is 0.0483. The van der Waals surface area contributed by atoms with E-state index in [1.807, 2.05) is 6.92 Å². The molecular weight excluding hydrogens is 403 g/mol. The van der Waals surface area contributed by atoms with Gasteiger partial charge in [0.15, 0.2) is 0 Å². The Balaban J connectivity index is 2.18. The zero-order valence-corrected chi connectivity index (χ0v) is 14.3. The summed E-state index contributed by atoms with van der Waals surface area (Å²) in [5.74, 6) is 0. The number of benzene rings is 2. The van der Waals surface area contributed by atoms with Crippen molar-refractivity contribution in [1.82, 2.24) is 0 Å². The molecule has 0 aliphatic heterocycles. The summed E-state index contributed by atoms with van der Waals surface area (Å²) in [6.45, 7) is 5.50. The van der Waals surface area contributed by atoms with E-state index in [1.165, 1.54) is 12.1 Å². The van der Waals surface area contributed by atoms with Crippen LogP contribution in [0.15, 0.2) is 60.0 Å². The van der Waals surface area contributed by atoms with E-state index in [4.69, 9.17) is 2.51 Å². The van der Waals surface area contributed by atoms with Gasteiger partial charge in [0.05, 0.1) is 0 Å². The summed E-state index contributed by atoms with van der Waals surface area (Å²) in [7, 11) is -3.94. The molecule has 0 aromatic heterocycles. The second-order valence-electron chi connectivity index (χ2n) is 4.32. The summed E-state index contributed by atoms with van der Waals surface area (Å²) < 4.78 is 39.7. The first kappa shape index (κ1) is 16.2. The van der Waals surface area contributed by atoms with Crippen molar-refractivity contribution < 1.29 is 14.4 Å². The minimum absolute atomic E-state index is 0.0483. The summed E-state index contributed by atoms with van der Waals surface area (Å²) in [5, 5.41) is 0. The third-order valence-corrected chi connectivity index (χ3v) is 8.11. The molecule has 21 heavy (non-hydrogen) atoms. The zero-order chi connectivity index (χ0) is 15.5. The quantitative estimate of drug-likeness (QED) is 0.755. The molecule has 0 heterocycles. The molecule has 0 fully saturated rings. The van der Waals surface area contributed by atoms with Gasteiger partial charge in [-0.15, -0.1) is 0 Å². The van der Waals surface area contributed by atoms with Gasteiger partial charge in [0.1, 0.15) is 0 Å². The first-order chi connectivity index (χ1) is 9.92. The molecule has 4 nitrogen and oxygen atoms in total. The molecule has 0 spiro atoms. The average Bonchev–Trinajstić information content (AvgIpc) is 2.47. The molecule has 0 saturated carbocycles. The van der Waals surface area contributed by atoms with Gasteiger partial charge in [-0.2, -0.15) is 0 Å². The van der Waals surface area contributed by atoms with Gasteiger partial charge < -0.3 is 0 Å². The van der Waals surface area contributed by atoms with E-state index >= 15 is 0 Å². The SMILES string of the molecule is C=Cc1ccc(I(O)OS(=O)(=O)c2ccc(C)cc2)cc1. The number of hydrogen-bond acceptors (Lipinski definition) is 4. The molecule has 0 saturated heterocycles. The van der Waals surface area contributed by atoms with Gasteiger partial charge in [-0.3, -0.25) is 0 Å². The van der Waals surface area contributed by atoms with E-state index in [0.717, 1.165) is 11.1 Å². The van der Waals surface area contributed by atoms with Crippen LogP contribution < -0.4 is 0 Å². The van der Waals surface area contributed by atoms with Crippen molar-refractivity contribution in [1.29, 1.82) is 0 Å². The molecule has 2 aromatic rings. The molecule has 0 aliphatic carbocycles. The standard InChI is InChI=1S/C15H15IO4S/c1-3-13-6-8-14(9-7-13)16(17)20-21(18,19)15-10-4-12(2)5-11-15/h3-11,17H,1H2,2H3. The molecule has 0 unspecified atom stereocenters. The third kappa shape index (κ3) is 4.13. The summed E-state index contributed by atoms with van der Waals surface area (Å²) >= 11 is -3.21. The molecule has 6 heteroatoms. The maximum absolute atomic E-state index is 12.1. The molecule has 2 rings (SSSR count). The van der Waals surface area contributed by atoms with Crippen LogP contribution in [0.4, 0.5) is 0 Å². The molecule has 0 bridgehead atoms. The van der Waals surface area contributed by atoms with Crippen LogP contribution in [0.1, 0.15) is 11.1 Å². The van der Waals surface area contributed by atoms with Crippen molar-refractivity contribution >= 4 is 36.8 Å². The van der Waals surface area contributed by atoms with Gasteiger partial charge in [0, 0.05) is 0 Å². The van der Waals surface area contributed by atoms with Gasteiger partial charge in [-0.1, -0.05) is 0 Å². The van der Waals surface area contributed by atoms with Crippen LogP contribution in [-0.4, -0.2) is 11.9 Å². The fraction of sp³-hybridized carbons (Fsp3) is 0.0667. The van der Waals surface area contributed by atoms with Crippen molar-refractivity contribution in [3.63, 3.8) is 0 Å². The number of hydrogen-bond donors (Lipinski definition) is 1. The third-order valence-electron chi connectivity index (χ3n) is 2.74. The van der Waals surface area contributed by atoms with Crippen molar-refractivity contribution in [2.45, 2.75) is 11.8 Å². The fourth-order valence-corrected chi connectivity index (χ4v) is 5.90. The van der Waals surface area contributed by atoms with Gasteiger partial charge in [0.2, 0.25) is 0 Å². The summed E-state index contributed by atoms with van der Waals surface area (Å²) in [6.07, 6.45) is 1.67. The van der Waals surface area contributed by atoms with Gasteiger partial charge in [-0.05, 0) is 0 Å². The van der Waals surface area contributed by atoms with Crippen LogP contribution >= 0.6 is 20.6 Å². The predicted molar refractivity (Wildman–Crippen MR) is 90.9 cm³/mol. The number of rotatable bonds is 5. The molecule has 0 radical (unpaired) electrons. The van der Waals surface area contributed by atoms with E-state index in [-0.39, 0.29) is 4.90 Å². The Labute approximate surface area is 132 Å². The van der Waals surface area contributed by atoms with Crippen molar-refractivity contribution in [2.75, 3.05) is 0 Å². The van der Waals surface area contributed by atoms with E-state index in [9.17, 15) is 11.9 Å². The van der Waals surface area contributed by atoms with E-state index in [0.29, 0.717) is 3.57 Å². The maximum atomic E-state index is 12.1. The Morgan fingerprint density at radius 3 is 2.19 bits per heavy atom. The Morgan fingerprint density at radius 1 is 1.10 bits per heavy atom. The van der Waals surface area contributed by atoms with E-state index in [2.05, 4.69) is 6.58 Å². The Morgan fingerprint density at radius 2 is 1.67 bits per heavy atom. The number of aryl methyl sites for hydroxylation is 1. The molecule has 1 N–H and O–H groups in total. The second kappa shape index (κ2) is 6.69. The molecule has 0 amide bonds. The minimum atomic E-state index is -3.94. The van der Waals surface area contributed by atoms with Crippen LogP contribution in [0, 0.1) is 10.5 Å². The Hall–Kier alpha value is -1.22. The fourth-order valence-electron chi connectivity index (χ4n) is 1.56. The van der Waals surface area contributed by atoms with Crippen LogP contribution in [0.5, 0.6) is 0 Å². The first-order valence-corrected chi connectivity index (χ1v) is 10.4. The van der Waals surface area contributed by atoms with E-state index < -0.39 is 30.8 Å². The van der Waals surface area contributed by atoms with Gasteiger partial charge >= 0.3 is 133 Å².